The first-order valence-corrected chi connectivity index (χ1v) is 6.36. The maximum Gasteiger partial charge on any atom is 0.697 e. The molecule has 0 aromatic heterocycles. The number of rotatable bonds is 7. The number of hydrogen-bond donors (Lipinski definition) is 1. The van der Waals surface area contributed by atoms with Crippen molar-refractivity contribution in [2.45, 2.75) is 19.1 Å². The highest BCUT2D eigenvalue weighted by molar-refractivity contribution is 7.33. The van der Waals surface area contributed by atoms with Crippen molar-refractivity contribution in [2.75, 3.05) is 33.5 Å². The molecule has 0 aliphatic carbocycles. The smallest absolute Gasteiger partial charge is 0.374 e. The van der Waals surface area contributed by atoms with Gasteiger partial charge in [0.05, 0.1) is 32.5 Å². The van der Waals surface area contributed by atoms with E-state index in [-0.39, 0.29) is 24.7 Å². The Bertz CT molecular complexity index is 228. The summed E-state index contributed by atoms with van der Waals surface area (Å²) >= 11 is 0. The lowest BCUT2D eigenvalue weighted by Crippen LogP contribution is -2.28. The van der Waals surface area contributed by atoms with E-state index in [1.807, 2.05) is 6.92 Å². The van der Waals surface area contributed by atoms with Crippen LogP contribution in [-0.2, 0) is 23.1 Å². The Kier molecular flexibility index (Phi) is 6.34. The van der Waals surface area contributed by atoms with E-state index in [1.165, 1.54) is 7.11 Å². The lowest BCUT2D eigenvalue weighted by atomic mass is 10.0. The zero-order valence-corrected chi connectivity index (χ0v) is 10.5. The summed E-state index contributed by atoms with van der Waals surface area (Å²) in [5.41, 5.74) is 5.36. The predicted molar refractivity (Wildman–Crippen MR) is 58.3 cm³/mol. The molecule has 1 fully saturated rings. The molecular weight excluding hydrogens is 233 g/mol. The second kappa shape index (κ2) is 7.27. The second-order valence-corrected chi connectivity index (χ2v) is 4.70. The molecule has 0 spiro atoms. The van der Waals surface area contributed by atoms with Gasteiger partial charge in [-0.15, -0.1) is 9.05 Å². The fourth-order valence-corrected chi connectivity index (χ4v) is 1.94. The molecule has 2 N–H and O–H groups in total. The summed E-state index contributed by atoms with van der Waals surface area (Å²) in [5, 5.41) is 0. The predicted octanol–water partition coefficient (Wildman–Crippen LogP) is 0.686. The van der Waals surface area contributed by atoms with Crippen molar-refractivity contribution in [3.63, 3.8) is 0 Å². The normalized spacial score (nSPS) is 30.7. The first-order valence-electron chi connectivity index (χ1n) is 5.26. The summed E-state index contributed by atoms with van der Waals surface area (Å²) in [6.07, 6.45) is -0.0607. The van der Waals surface area contributed by atoms with E-state index in [2.05, 4.69) is 4.52 Å². The van der Waals surface area contributed by atoms with Crippen LogP contribution in [0.3, 0.4) is 0 Å². The standard InChI is InChI=1S/C9H19NO5P/c1-7-8(13-4-3-10)5-14-9(7)6-15-16(11)12-2/h7-9H,3-6,10H2,1-2H3/q+1. The van der Waals surface area contributed by atoms with E-state index in [1.54, 1.807) is 0 Å². The van der Waals surface area contributed by atoms with Gasteiger partial charge in [0.1, 0.15) is 6.61 Å². The molecular formula is C9H19NO5P+. The van der Waals surface area contributed by atoms with E-state index >= 15 is 0 Å². The van der Waals surface area contributed by atoms with Crippen LogP contribution in [0, 0.1) is 5.92 Å². The summed E-state index contributed by atoms with van der Waals surface area (Å²) in [5.74, 6) is 0.201. The monoisotopic (exact) mass is 252 g/mol. The Balaban J connectivity index is 2.27. The molecule has 1 aliphatic rings. The average molecular weight is 252 g/mol. The Labute approximate surface area is 96.3 Å². The Morgan fingerprint density at radius 3 is 2.94 bits per heavy atom. The SMILES string of the molecule is CO[P+](=O)OCC1OCC(OCCN)C1C. The van der Waals surface area contributed by atoms with Crippen LogP contribution in [-0.4, -0.2) is 45.7 Å². The minimum Gasteiger partial charge on any atom is -0.374 e. The van der Waals surface area contributed by atoms with Gasteiger partial charge in [-0.1, -0.05) is 6.92 Å². The van der Waals surface area contributed by atoms with Gasteiger partial charge in [-0.25, -0.2) is 0 Å². The average Bonchev–Trinajstić information content (AvgIpc) is 2.64. The van der Waals surface area contributed by atoms with Crippen molar-refractivity contribution < 1.29 is 23.1 Å². The van der Waals surface area contributed by atoms with Crippen LogP contribution in [0.4, 0.5) is 0 Å². The minimum absolute atomic E-state index is 0.0394. The van der Waals surface area contributed by atoms with Gasteiger partial charge >= 0.3 is 8.25 Å². The third-order valence-electron chi connectivity index (χ3n) is 2.59. The molecule has 0 radical (unpaired) electrons. The summed E-state index contributed by atoms with van der Waals surface area (Å²) in [6.45, 7) is 3.83. The highest BCUT2D eigenvalue weighted by atomic mass is 31.1. The van der Waals surface area contributed by atoms with Crippen LogP contribution in [0.15, 0.2) is 0 Å². The fraction of sp³-hybridized carbons (Fsp3) is 1.00. The molecule has 1 rings (SSSR count). The molecule has 4 atom stereocenters. The van der Waals surface area contributed by atoms with Crippen molar-refractivity contribution in [1.29, 1.82) is 0 Å². The lowest BCUT2D eigenvalue weighted by Gasteiger charge is -2.16. The summed E-state index contributed by atoms with van der Waals surface area (Å²) in [7, 11) is -0.692. The minimum atomic E-state index is -2.03. The van der Waals surface area contributed by atoms with E-state index < -0.39 is 8.25 Å². The lowest BCUT2D eigenvalue weighted by molar-refractivity contribution is 0.0315. The highest BCUT2D eigenvalue weighted by Gasteiger charge is 2.36. The van der Waals surface area contributed by atoms with Crippen molar-refractivity contribution >= 4 is 8.25 Å². The zero-order chi connectivity index (χ0) is 12.0. The molecule has 0 aromatic carbocycles. The molecule has 6 nitrogen and oxygen atoms in total. The van der Waals surface area contributed by atoms with Crippen LogP contribution in [0.5, 0.6) is 0 Å². The second-order valence-electron chi connectivity index (χ2n) is 3.63. The highest BCUT2D eigenvalue weighted by Crippen LogP contribution is 2.28. The van der Waals surface area contributed by atoms with Gasteiger partial charge in [0, 0.05) is 17.0 Å². The number of nitrogens with two attached hydrogens (primary N) is 1. The summed E-state index contributed by atoms with van der Waals surface area (Å²) < 4.78 is 31.4. The van der Waals surface area contributed by atoms with Crippen LogP contribution in [0.25, 0.3) is 0 Å². The topological polar surface area (TPSA) is 80.0 Å². The van der Waals surface area contributed by atoms with Gasteiger partial charge in [0.2, 0.25) is 0 Å². The van der Waals surface area contributed by atoms with E-state index in [0.29, 0.717) is 19.8 Å². The molecule has 16 heavy (non-hydrogen) atoms. The van der Waals surface area contributed by atoms with Gasteiger partial charge in [-0.2, -0.15) is 0 Å². The Morgan fingerprint density at radius 2 is 2.31 bits per heavy atom. The maximum absolute atomic E-state index is 10.9. The van der Waals surface area contributed by atoms with Crippen molar-refractivity contribution in [3.8, 4) is 0 Å². The third-order valence-corrected chi connectivity index (χ3v) is 3.25. The maximum atomic E-state index is 10.9. The molecule has 1 heterocycles. The summed E-state index contributed by atoms with van der Waals surface area (Å²) in [4.78, 5) is 0. The van der Waals surface area contributed by atoms with Crippen molar-refractivity contribution in [3.05, 3.63) is 0 Å². The van der Waals surface area contributed by atoms with E-state index in [9.17, 15) is 4.57 Å². The fourth-order valence-electron chi connectivity index (χ4n) is 1.57. The molecule has 4 unspecified atom stereocenters. The van der Waals surface area contributed by atoms with Gasteiger partial charge < -0.3 is 15.2 Å². The molecule has 0 amide bonds. The van der Waals surface area contributed by atoms with Crippen molar-refractivity contribution in [2.24, 2.45) is 11.7 Å². The molecule has 1 saturated heterocycles. The Morgan fingerprint density at radius 1 is 1.56 bits per heavy atom. The molecule has 7 heteroatoms. The van der Waals surface area contributed by atoms with Crippen LogP contribution >= 0.6 is 8.25 Å². The van der Waals surface area contributed by atoms with Gasteiger partial charge in [0.25, 0.3) is 0 Å². The number of hydrogen-bond acceptors (Lipinski definition) is 6. The molecule has 0 bridgehead atoms. The van der Waals surface area contributed by atoms with Crippen LogP contribution < -0.4 is 5.73 Å². The third kappa shape index (κ3) is 4.05. The van der Waals surface area contributed by atoms with Crippen LogP contribution in [0.1, 0.15) is 6.92 Å². The molecule has 1 aliphatic heterocycles. The largest absolute Gasteiger partial charge is 0.697 e. The van der Waals surface area contributed by atoms with Gasteiger partial charge in [-0.3, -0.25) is 0 Å². The molecule has 94 valence electrons. The Hall–Kier alpha value is -0.100. The first kappa shape index (κ1) is 14.0. The zero-order valence-electron chi connectivity index (χ0n) is 9.63. The van der Waals surface area contributed by atoms with Gasteiger partial charge in [0.15, 0.2) is 0 Å². The van der Waals surface area contributed by atoms with Crippen LogP contribution in [0.2, 0.25) is 0 Å². The van der Waals surface area contributed by atoms with Crippen molar-refractivity contribution in [1.82, 2.24) is 0 Å². The molecule has 0 aromatic rings. The number of ether oxygens (including phenoxy) is 2. The summed E-state index contributed by atoms with van der Waals surface area (Å²) in [6, 6.07) is 0. The first-order chi connectivity index (χ1) is 7.69. The van der Waals surface area contributed by atoms with E-state index in [0.717, 1.165) is 0 Å². The van der Waals surface area contributed by atoms with Gasteiger partial charge in [-0.05, 0) is 0 Å². The van der Waals surface area contributed by atoms with E-state index in [4.69, 9.17) is 19.7 Å². The molecule has 0 saturated carbocycles. The quantitative estimate of drug-likeness (QED) is 0.671.